The summed E-state index contributed by atoms with van der Waals surface area (Å²) >= 11 is 0. The van der Waals surface area contributed by atoms with Crippen LogP contribution in [0, 0.1) is 0 Å². The predicted molar refractivity (Wildman–Crippen MR) is 150 cm³/mol. The second-order valence-corrected chi connectivity index (χ2v) is 9.27. The summed E-state index contributed by atoms with van der Waals surface area (Å²) in [5, 5.41) is 5.62. The SMILES string of the molecule is CCOC(=O)/C=C/C(CCC(N)=O)NC(=O)C(Cc1ccccc1)NC(=O)c1ccc(-c2cccc3c2OCO3)[nH]1. The molecular weight excluding hydrogens is 528 g/mol. The van der Waals surface area contributed by atoms with Crippen molar-refractivity contribution in [2.45, 2.75) is 38.3 Å². The first kappa shape index (κ1) is 28.9. The molecule has 11 nitrogen and oxygen atoms in total. The first-order chi connectivity index (χ1) is 19.8. The Kier molecular flexibility index (Phi) is 9.76. The van der Waals surface area contributed by atoms with Gasteiger partial charge >= 0.3 is 5.97 Å². The lowest BCUT2D eigenvalue weighted by Crippen LogP contribution is -2.50. The first-order valence-corrected chi connectivity index (χ1v) is 13.2. The lowest BCUT2D eigenvalue weighted by atomic mass is 10.0. The Morgan fingerprint density at radius 1 is 1.02 bits per heavy atom. The molecule has 1 aliphatic rings. The van der Waals surface area contributed by atoms with E-state index in [0.29, 0.717) is 17.2 Å². The minimum absolute atomic E-state index is 0.0168. The Morgan fingerprint density at radius 2 is 1.83 bits per heavy atom. The van der Waals surface area contributed by atoms with Crippen molar-refractivity contribution in [3.8, 4) is 22.8 Å². The lowest BCUT2D eigenvalue weighted by Gasteiger charge is -2.22. The van der Waals surface area contributed by atoms with Crippen LogP contribution >= 0.6 is 0 Å². The maximum atomic E-state index is 13.5. The Hall–Kier alpha value is -5.06. The van der Waals surface area contributed by atoms with E-state index in [-0.39, 0.29) is 38.4 Å². The number of nitrogens with one attached hydrogen (secondary N) is 3. The largest absolute Gasteiger partial charge is 0.463 e. The molecule has 3 aromatic rings. The van der Waals surface area contributed by atoms with Gasteiger partial charge in [-0.3, -0.25) is 14.4 Å². The summed E-state index contributed by atoms with van der Waals surface area (Å²) in [7, 11) is 0. The number of carbonyl (C=O) groups excluding carboxylic acids is 4. The molecule has 0 aliphatic carbocycles. The third kappa shape index (κ3) is 7.98. The highest BCUT2D eigenvalue weighted by atomic mass is 16.7. The molecular formula is C30H32N4O7. The molecule has 1 aromatic heterocycles. The van der Waals surface area contributed by atoms with Crippen molar-refractivity contribution in [1.82, 2.24) is 15.6 Å². The van der Waals surface area contributed by atoms with Gasteiger partial charge in [0.1, 0.15) is 11.7 Å². The van der Waals surface area contributed by atoms with Gasteiger partial charge in [-0.05, 0) is 43.2 Å². The topological polar surface area (TPSA) is 162 Å². The normalized spacial score (nSPS) is 13.4. The molecule has 0 saturated carbocycles. The van der Waals surface area contributed by atoms with Gasteiger partial charge in [0.15, 0.2) is 11.5 Å². The molecule has 1 aliphatic heterocycles. The van der Waals surface area contributed by atoms with Crippen LogP contribution in [0.4, 0.5) is 0 Å². The maximum absolute atomic E-state index is 13.5. The molecule has 0 radical (unpaired) electrons. The summed E-state index contributed by atoms with van der Waals surface area (Å²) in [5.74, 6) is -0.919. The van der Waals surface area contributed by atoms with E-state index in [1.165, 1.54) is 12.2 Å². The van der Waals surface area contributed by atoms with E-state index in [4.69, 9.17) is 19.9 Å². The smallest absolute Gasteiger partial charge is 0.330 e. The van der Waals surface area contributed by atoms with Gasteiger partial charge in [0.25, 0.3) is 5.91 Å². The number of benzene rings is 2. The number of para-hydroxylation sites is 1. The zero-order valence-corrected chi connectivity index (χ0v) is 22.6. The zero-order chi connectivity index (χ0) is 29.2. The van der Waals surface area contributed by atoms with Crippen LogP contribution in [-0.4, -0.2) is 54.2 Å². The summed E-state index contributed by atoms with van der Waals surface area (Å²) in [6.45, 7) is 1.99. The van der Waals surface area contributed by atoms with E-state index in [2.05, 4.69) is 15.6 Å². The molecule has 41 heavy (non-hydrogen) atoms. The van der Waals surface area contributed by atoms with Crippen molar-refractivity contribution in [3.63, 3.8) is 0 Å². The molecule has 0 fully saturated rings. The van der Waals surface area contributed by atoms with Crippen molar-refractivity contribution in [3.05, 3.63) is 84.1 Å². The van der Waals surface area contributed by atoms with Crippen molar-refractivity contribution >= 4 is 23.7 Å². The van der Waals surface area contributed by atoms with Crippen molar-refractivity contribution in [1.29, 1.82) is 0 Å². The van der Waals surface area contributed by atoms with Crippen LogP contribution in [0.25, 0.3) is 11.3 Å². The summed E-state index contributed by atoms with van der Waals surface area (Å²) < 4.78 is 15.9. The third-order valence-electron chi connectivity index (χ3n) is 6.30. The summed E-state index contributed by atoms with van der Waals surface area (Å²) in [4.78, 5) is 53.1. The minimum Gasteiger partial charge on any atom is -0.463 e. The van der Waals surface area contributed by atoms with Gasteiger partial charge in [-0.25, -0.2) is 4.79 Å². The fourth-order valence-corrected chi connectivity index (χ4v) is 4.30. The molecule has 2 aromatic carbocycles. The average Bonchev–Trinajstić information content (AvgIpc) is 3.65. The Bertz CT molecular complexity index is 1420. The van der Waals surface area contributed by atoms with Gasteiger partial charge < -0.3 is 35.6 Å². The average molecular weight is 561 g/mol. The van der Waals surface area contributed by atoms with Crippen molar-refractivity contribution in [2.75, 3.05) is 13.4 Å². The number of fused-ring (bicyclic) bond motifs is 1. The highest BCUT2D eigenvalue weighted by molar-refractivity contribution is 5.97. The Morgan fingerprint density at radius 3 is 2.59 bits per heavy atom. The van der Waals surface area contributed by atoms with Gasteiger partial charge in [0.05, 0.1) is 6.61 Å². The molecule has 0 bridgehead atoms. The number of esters is 1. The standard InChI is InChI=1S/C30H32N4O7/c1-2-39-27(36)16-12-20(11-15-26(31)35)32-30(38)24(17-19-7-4-3-5-8-19)34-29(37)23-14-13-22(33-23)21-9-6-10-25-28(21)41-18-40-25/h3-10,12-14,16,20,24,33H,2,11,15,17-18H2,1H3,(H2,31,35)(H,32,38)(H,34,37)/b16-12+. The zero-order valence-electron chi connectivity index (χ0n) is 22.6. The molecule has 3 amide bonds. The van der Waals surface area contributed by atoms with Gasteiger partial charge in [0, 0.05) is 36.2 Å². The Balaban J connectivity index is 1.52. The van der Waals surface area contributed by atoms with Crippen LogP contribution in [0.15, 0.2) is 72.8 Å². The Labute approximate surface area is 237 Å². The number of ether oxygens (including phenoxy) is 3. The fourth-order valence-electron chi connectivity index (χ4n) is 4.30. The van der Waals surface area contributed by atoms with Gasteiger partial charge in [-0.1, -0.05) is 42.5 Å². The molecule has 214 valence electrons. The third-order valence-corrected chi connectivity index (χ3v) is 6.30. The number of aromatic nitrogens is 1. The van der Waals surface area contributed by atoms with E-state index in [0.717, 1.165) is 11.1 Å². The minimum atomic E-state index is -0.971. The van der Waals surface area contributed by atoms with Crippen LogP contribution in [0.1, 0.15) is 35.8 Å². The van der Waals surface area contributed by atoms with Gasteiger partial charge in [0.2, 0.25) is 18.6 Å². The van der Waals surface area contributed by atoms with E-state index >= 15 is 0 Å². The van der Waals surface area contributed by atoms with Gasteiger partial charge in [-0.15, -0.1) is 0 Å². The lowest BCUT2D eigenvalue weighted by molar-refractivity contribution is -0.137. The van der Waals surface area contributed by atoms with E-state index in [1.54, 1.807) is 25.1 Å². The predicted octanol–water partition coefficient (Wildman–Crippen LogP) is 2.62. The molecule has 0 saturated heterocycles. The number of rotatable bonds is 13. The van der Waals surface area contributed by atoms with Crippen molar-refractivity contribution in [2.24, 2.45) is 5.73 Å². The molecule has 2 unspecified atom stereocenters. The highest BCUT2D eigenvalue weighted by Crippen LogP contribution is 2.40. The van der Waals surface area contributed by atoms with Crippen LogP contribution in [-0.2, 0) is 25.5 Å². The fraction of sp³-hybridized carbons (Fsp3) is 0.267. The number of H-pyrrole nitrogens is 1. The van der Waals surface area contributed by atoms with Crippen LogP contribution < -0.4 is 25.8 Å². The number of aromatic amines is 1. The summed E-state index contributed by atoms with van der Waals surface area (Å²) in [5.41, 5.74) is 7.76. The molecule has 11 heteroatoms. The maximum Gasteiger partial charge on any atom is 0.330 e. The number of hydrogen-bond acceptors (Lipinski definition) is 7. The highest BCUT2D eigenvalue weighted by Gasteiger charge is 2.25. The van der Waals surface area contributed by atoms with E-state index < -0.39 is 35.8 Å². The first-order valence-electron chi connectivity index (χ1n) is 13.2. The second-order valence-electron chi connectivity index (χ2n) is 9.27. The number of carbonyl (C=O) groups is 4. The van der Waals surface area contributed by atoms with Crippen LogP contribution in [0.2, 0.25) is 0 Å². The number of amides is 3. The molecule has 2 heterocycles. The number of hydrogen-bond donors (Lipinski definition) is 4. The van der Waals surface area contributed by atoms with E-state index in [1.807, 2.05) is 42.5 Å². The number of primary amides is 1. The van der Waals surface area contributed by atoms with Gasteiger partial charge in [-0.2, -0.15) is 0 Å². The summed E-state index contributed by atoms with van der Waals surface area (Å²) in [6, 6.07) is 16.4. The quantitative estimate of drug-likeness (QED) is 0.185. The van der Waals surface area contributed by atoms with Crippen LogP contribution in [0.3, 0.4) is 0 Å². The monoisotopic (exact) mass is 560 g/mol. The molecule has 2 atom stereocenters. The van der Waals surface area contributed by atoms with Crippen LogP contribution in [0.5, 0.6) is 11.5 Å². The number of nitrogens with two attached hydrogens (primary N) is 1. The molecule has 4 rings (SSSR count). The van der Waals surface area contributed by atoms with E-state index in [9.17, 15) is 19.2 Å². The summed E-state index contributed by atoms with van der Waals surface area (Å²) in [6.07, 6.45) is 2.98. The van der Waals surface area contributed by atoms with Crippen molar-refractivity contribution < 1.29 is 33.4 Å². The molecule has 0 spiro atoms. The molecule has 5 N–H and O–H groups in total. The second kappa shape index (κ2) is 13.8.